The van der Waals surface area contributed by atoms with Gasteiger partial charge in [0.25, 0.3) is 5.91 Å². The minimum absolute atomic E-state index is 0.137. The fourth-order valence-electron chi connectivity index (χ4n) is 5.05. The van der Waals surface area contributed by atoms with Crippen molar-refractivity contribution in [2.24, 2.45) is 0 Å². The van der Waals surface area contributed by atoms with Gasteiger partial charge in [-0.15, -0.1) is 0 Å². The van der Waals surface area contributed by atoms with E-state index in [9.17, 15) is 14.4 Å². The number of rotatable bonds is 15. The maximum atomic E-state index is 13.2. The van der Waals surface area contributed by atoms with Crippen LogP contribution in [0.15, 0.2) is 138 Å². The zero-order chi connectivity index (χ0) is 32.8. The normalized spacial score (nSPS) is 11.5. The summed E-state index contributed by atoms with van der Waals surface area (Å²) in [5, 5.41) is 3.24. The molecule has 47 heavy (non-hydrogen) atoms. The Balaban J connectivity index is 1.18. The summed E-state index contributed by atoms with van der Waals surface area (Å²) in [6.07, 6.45) is 7.35. The molecular weight excluding hydrogens is 592 g/mol. The van der Waals surface area contributed by atoms with Crippen molar-refractivity contribution in [3.63, 3.8) is 0 Å². The summed E-state index contributed by atoms with van der Waals surface area (Å²) in [4.78, 5) is 40.8. The summed E-state index contributed by atoms with van der Waals surface area (Å²) >= 11 is 0. The summed E-state index contributed by atoms with van der Waals surface area (Å²) < 4.78 is 16.1. The molecule has 0 aliphatic carbocycles. The molecule has 0 aliphatic heterocycles. The number of para-hydroxylation sites is 2. The van der Waals surface area contributed by atoms with E-state index in [1.807, 2.05) is 78.9 Å². The first-order chi connectivity index (χ1) is 23.0. The van der Waals surface area contributed by atoms with Crippen molar-refractivity contribution in [3.8, 4) is 5.75 Å². The summed E-state index contributed by atoms with van der Waals surface area (Å²) in [5.74, 6) is -0.0413. The van der Waals surface area contributed by atoms with Crippen LogP contribution in [0.2, 0.25) is 0 Å². The number of ether oxygens (including phenoxy) is 2. The van der Waals surface area contributed by atoms with Crippen molar-refractivity contribution >= 4 is 35.1 Å². The molecule has 8 nitrogen and oxygen atoms in total. The molecule has 0 aliphatic rings. The van der Waals surface area contributed by atoms with Crippen LogP contribution in [0.1, 0.15) is 33.5 Å². The predicted molar refractivity (Wildman–Crippen MR) is 183 cm³/mol. The number of anilines is 2. The van der Waals surface area contributed by atoms with Gasteiger partial charge in [-0.25, -0.2) is 4.79 Å². The van der Waals surface area contributed by atoms with E-state index in [1.54, 1.807) is 59.9 Å². The maximum absolute atomic E-state index is 13.2. The molecule has 0 fully saturated rings. The van der Waals surface area contributed by atoms with Crippen LogP contribution >= 0.6 is 0 Å². The quantitative estimate of drug-likeness (QED) is 0.0566. The molecule has 1 amide bonds. The number of hydrogen-bond acceptors (Lipinski definition) is 7. The molecule has 0 spiro atoms. The lowest BCUT2D eigenvalue weighted by Crippen LogP contribution is -2.33. The molecule has 0 bridgehead atoms. The first-order valence-corrected chi connectivity index (χ1v) is 15.3. The van der Waals surface area contributed by atoms with Gasteiger partial charge in [-0.05, 0) is 60.5 Å². The van der Waals surface area contributed by atoms with Gasteiger partial charge in [-0.1, -0.05) is 72.8 Å². The van der Waals surface area contributed by atoms with Crippen molar-refractivity contribution < 1.29 is 28.3 Å². The minimum Gasteiger partial charge on any atom is -0.494 e. The molecule has 238 valence electrons. The topological polar surface area (TPSA) is 98.1 Å². The summed E-state index contributed by atoms with van der Waals surface area (Å²) in [7, 11) is 1.34. The number of furan rings is 1. The van der Waals surface area contributed by atoms with Crippen LogP contribution in [-0.4, -0.2) is 44.0 Å². The van der Waals surface area contributed by atoms with Crippen molar-refractivity contribution in [2.75, 3.05) is 30.5 Å². The van der Waals surface area contributed by atoms with E-state index in [0.717, 1.165) is 16.8 Å². The Kier molecular flexibility index (Phi) is 11.4. The van der Waals surface area contributed by atoms with E-state index in [1.165, 1.54) is 13.2 Å². The largest absolute Gasteiger partial charge is 0.494 e. The van der Waals surface area contributed by atoms with E-state index in [-0.39, 0.29) is 11.7 Å². The second-order valence-electron chi connectivity index (χ2n) is 10.7. The van der Waals surface area contributed by atoms with Crippen LogP contribution in [0, 0.1) is 0 Å². The highest BCUT2D eigenvalue weighted by molar-refractivity contribution is 6.12. The van der Waals surface area contributed by atoms with E-state index < -0.39 is 12.0 Å². The van der Waals surface area contributed by atoms with Gasteiger partial charge in [0.2, 0.25) is 0 Å². The second kappa shape index (κ2) is 16.4. The zero-order valence-corrected chi connectivity index (χ0v) is 26.1. The highest BCUT2D eigenvalue weighted by atomic mass is 16.5. The average molecular weight is 629 g/mol. The third-order valence-corrected chi connectivity index (χ3v) is 7.48. The number of hydrogen-bond donors (Lipinski definition) is 1. The Morgan fingerprint density at radius 1 is 0.851 bits per heavy atom. The lowest BCUT2D eigenvalue weighted by Gasteiger charge is -2.21. The molecule has 5 rings (SSSR count). The van der Waals surface area contributed by atoms with Gasteiger partial charge in [0, 0.05) is 47.1 Å². The molecule has 0 saturated carbocycles. The number of methoxy groups -OCH3 is 1. The fraction of sp³-hybridized carbons (Fsp3) is 0.154. The van der Waals surface area contributed by atoms with Gasteiger partial charge < -0.3 is 24.1 Å². The molecule has 0 saturated heterocycles. The number of nitrogens with zero attached hydrogens (tertiary/aromatic N) is 1. The van der Waals surface area contributed by atoms with Crippen molar-refractivity contribution in [3.05, 3.63) is 156 Å². The van der Waals surface area contributed by atoms with Crippen LogP contribution in [0.25, 0.3) is 6.08 Å². The van der Waals surface area contributed by atoms with Crippen LogP contribution in [-0.2, 0) is 20.7 Å². The van der Waals surface area contributed by atoms with E-state index in [4.69, 9.17) is 13.9 Å². The first-order valence-electron chi connectivity index (χ1n) is 15.3. The summed E-state index contributed by atoms with van der Waals surface area (Å²) in [5.41, 5.74) is 4.09. The van der Waals surface area contributed by atoms with Gasteiger partial charge in [-0.2, -0.15) is 0 Å². The highest BCUT2D eigenvalue weighted by Crippen LogP contribution is 2.23. The van der Waals surface area contributed by atoms with E-state index >= 15 is 0 Å². The Morgan fingerprint density at radius 3 is 2.26 bits per heavy atom. The predicted octanol–water partition coefficient (Wildman–Crippen LogP) is 7.22. The van der Waals surface area contributed by atoms with Gasteiger partial charge >= 0.3 is 5.97 Å². The molecule has 0 radical (unpaired) electrons. The summed E-state index contributed by atoms with van der Waals surface area (Å²) in [6, 6.07) is 34.2. The molecule has 1 N–H and O–H groups in total. The van der Waals surface area contributed by atoms with Crippen LogP contribution in [0.5, 0.6) is 5.75 Å². The number of nitrogens with one attached hydrogen (secondary N) is 1. The Labute approximate surface area is 274 Å². The lowest BCUT2D eigenvalue weighted by molar-refractivity contribution is -0.141. The Hall–Kier alpha value is -5.89. The molecule has 8 heteroatoms. The van der Waals surface area contributed by atoms with Crippen molar-refractivity contribution in [2.45, 2.75) is 18.9 Å². The van der Waals surface area contributed by atoms with Crippen molar-refractivity contribution in [1.29, 1.82) is 0 Å². The molecule has 5 aromatic rings. The monoisotopic (exact) mass is 628 g/mol. The van der Waals surface area contributed by atoms with Gasteiger partial charge in [0.15, 0.2) is 5.78 Å². The highest BCUT2D eigenvalue weighted by Gasteiger charge is 2.23. The van der Waals surface area contributed by atoms with Crippen LogP contribution in [0.3, 0.4) is 0 Å². The fourth-order valence-corrected chi connectivity index (χ4v) is 5.05. The van der Waals surface area contributed by atoms with Gasteiger partial charge in [-0.3, -0.25) is 9.59 Å². The molecule has 1 unspecified atom stereocenters. The number of benzene rings is 4. The van der Waals surface area contributed by atoms with Gasteiger partial charge in [0.05, 0.1) is 26.2 Å². The third kappa shape index (κ3) is 9.08. The average Bonchev–Trinajstić information content (AvgIpc) is 3.65. The number of carbonyl (C=O) groups is 3. The summed E-state index contributed by atoms with van der Waals surface area (Å²) in [6.45, 7) is 0.872. The first kappa shape index (κ1) is 32.5. The molecule has 1 aromatic heterocycles. The minimum atomic E-state index is -0.722. The van der Waals surface area contributed by atoms with Crippen LogP contribution in [0.4, 0.5) is 11.4 Å². The smallest absolute Gasteiger partial charge is 0.328 e. The van der Waals surface area contributed by atoms with E-state index in [0.29, 0.717) is 48.6 Å². The zero-order valence-electron chi connectivity index (χ0n) is 26.1. The number of amides is 1. The van der Waals surface area contributed by atoms with E-state index in [2.05, 4.69) is 5.32 Å². The number of carbonyl (C=O) groups excluding carboxylic acids is 3. The van der Waals surface area contributed by atoms with Crippen molar-refractivity contribution in [1.82, 2.24) is 0 Å². The Bertz CT molecular complexity index is 1770. The van der Waals surface area contributed by atoms with Crippen LogP contribution < -0.4 is 15.0 Å². The standard InChI is InChI=1S/C39H36N2O6/c1-45-39(44)36(40-35-16-9-8-15-34(35)38(43)31-11-4-2-5-12-31)27-29-17-20-33(21-18-29)47-25-10-24-41(32-13-6-3-7-14-32)37(42)22-19-30-23-26-46-28-30/h2-9,11-23,26,28,36,40H,10,24-25,27H2,1H3. The maximum Gasteiger partial charge on any atom is 0.328 e. The molecule has 4 aromatic carbocycles. The molecular formula is C39H36N2O6. The second-order valence-corrected chi connectivity index (χ2v) is 10.7. The number of ketones is 1. The SMILES string of the molecule is COC(=O)C(Cc1ccc(OCCCN(C(=O)C=Cc2ccoc2)c2ccccc2)cc1)Nc1ccccc1C(=O)c1ccccc1. The Morgan fingerprint density at radius 2 is 1.55 bits per heavy atom. The number of esters is 1. The third-order valence-electron chi connectivity index (χ3n) is 7.48. The molecule has 1 atom stereocenters. The molecule has 1 heterocycles. The van der Waals surface area contributed by atoms with Gasteiger partial charge in [0.1, 0.15) is 11.8 Å². The lowest BCUT2D eigenvalue weighted by atomic mass is 10.00.